The van der Waals surface area contributed by atoms with Gasteiger partial charge in [0.15, 0.2) is 0 Å². The van der Waals surface area contributed by atoms with E-state index in [0.29, 0.717) is 5.56 Å². The number of benzene rings is 1. The lowest BCUT2D eigenvalue weighted by atomic mass is 9.96. The van der Waals surface area contributed by atoms with Crippen molar-refractivity contribution in [1.82, 2.24) is 10.2 Å². The van der Waals surface area contributed by atoms with Crippen molar-refractivity contribution >= 4 is 0 Å². The van der Waals surface area contributed by atoms with Gasteiger partial charge in [0.25, 0.3) is 0 Å². The molecule has 0 saturated heterocycles. The maximum Gasteiger partial charge on any atom is 0.123 e. The molecule has 0 atom stereocenters. The number of rotatable bonds is 6. The molecule has 0 aliphatic heterocycles. The molecular weight excluding hydrogens is 262 g/mol. The summed E-state index contributed by atoms with van der Waals surface area (Å²) in [7, 11) is 6.01. The fourth-order valence-corrected chi connectivity index (χ4v) is 3.23. The van der Waals surface area contributed by atoms with Gasteiger partial charge in [-0.3, -0.25) is 0 Å². The molecule has 1 aromatic carbocycles. The molecule has 0 radical (unpaired) electrons. The first kappa shape index (κ1) is 15.8. The van der Waals surface area contributed by atoms with Gasteiger partial charge in [0.2, 0.25) is 0 Å². The molecule has 1 N–H and O–H groups in total. The molecule has 2 rings (SSSR count). The number of hydrogen-bond donors (Lipinski definition) is 1. The summed E-state index contributed by atoms with van der Waals surface area (Å²) in [5, 5.41) is 12.6. The molecule has 1 saturated carbocycles. The van der Waals surface area contributed by atoms with Gasteiger partial charge in [0, 0.05) is 24.2 Å². The summed E-state index contributed by atoms with van der Waals surface area (Å²) in [5.41, 5.74) is 2.00. The monoisotopic (exact) mass is 287 g/mol. The lowest BCUT2D eigenvalue weighted by Crippen LogP contribution is -2.49. The highest BCUT2D eigenvalue weighted by Gasteiger charge is 2.35. The van der Waals surface area contributed by atoms with Crippen molar-refractivity contribution in [2.45, 2.75) is 37.8 Å². The second-order valence-corrected chi connectivity index (χ2v) is 6.07. The predicted molar refractivity (Wildman–Crippen MR) is 84.3 cm³/mol. The smallest absolute Gasteiger partial charge is 0.123 e. The molecule has 1 aliphatic carbocycles. The zero-order valence-electron chi connectivity index (χ0n) is 13.3. The van der Waals surface area contributed by atoms with Gasteiger partial charge in [-0.15, -0.1) is 0 Å². The summed E-state index contributed by atoms with van der Waals surface area (Å²) >= 11 is 0. The van der Waals surface area contributed by atoms with E-state index in [2.05, 4.69) is 30.4 Å². The van der Waals surface area contributed by atoms with Crippen LogP contribution in [0.3, 0.4) is 0 Å². The van der Waals surface area contributed by atoms with Crippen LogP contribution in [0.4, 0.5) is 0 Å². The van der Waals surface area contributed by atoms with E-state index in [1.807, 2.05) is 12.1 Å². The van der Waals surface area contributed by atoms with Gasteiger partial charge in [-0.1, -0.05) is 12.8 Å². The van der Waals surface area contributed by atoms with Crippen LogP contribution in [0.5, 0.6) is 5.75 Å². The summed E-state index contributed by atoms with van der Waals surface area (Å²) in [5.74, 6) is 0.840. The van der Waals surface area contributed by atoms with E-state index in [-0.39, 0.29) is 5.54 Å². The first-order valence-corrected chi connectivity index (χ1v) is 7.56. The van der Waals surface area contributed by atoms with Crippen LogP contribution < -0.4 is 10.1 Å². The average molecular weight is 287 g/mol. The van der Waals surface area contributed by atoms with Crippen LogP contribution in [-0.4, -0.2) is 38.2 Å². The van der Waals surface area contributed by atoms with Crippen LogP contribution >= 0.6 is 0 Å². The maximum atomic E-state index is 9.02. The second kappa shape index (κ2) is 6.93. The molecule has 21 heavy (non-hydrogen) atoms. The molecule has 114 valence electrons. The van der Waals surface area contributed by atoms with Crippen molar-refractivity contribution in [2.75, 3.05) is 27.7 Å². The molecule has 4 heteroatoms. The molecule has 4 nitrogen and oxygen atoms in total. The van der Waals surface area contributed by atoms with Crippen molar-refractivity contribution in [3.8, 4) is 11.8 Å². The molecule has 0 aromatic heterocycles. The van der Waals surface area contributed by atoms with E-state index in [0.717, 1.165) is 24.4 Å². The first-order valence-electron chi connectivity index (χ1n) is 7.56. The minimum absolute atomic E-state index is 0.278. The third-order valence-corrected chi connectivity index (χ3v) is 4.66. The number of ether oxygens (including phenoxy) is 1. The lowest BCUT2D eigenvalue weighted by molar-refractivity contribution is 0.153. The molecule has 0 bridgehead atoms. The average Bonchev–Trinajstić information content (AvgIpc) is 2.97. The van der Waals surface area contributed by atoms with Gasteiger partial charge in [-0.05, 0) is 45.1 Å². The molecule has 0 spiro atoms. The Morgan fingerprint density at radius 1 is 1.33 bits per heavy atom. The summed E-state index contributed by atoms with van der Waals surface area (Å²) in [6.07, 6.45) is 5.13. The summed E-state index contributed by atoms with van der Waals surface area (Å²) in [6.45, 7) is 1.70. The Balaban J connectivity index is 2.01. The summed E-state index contributed by atoms with van der Waals surface area (Å²) in [4.78, 5) is 2.36. The van der Waals surface area contributed by atoms with E-state index in [4.69, 9.17) is 10.00 Å². The number of hydrogen-bond acceptors (Lipinski definition) is 4. The molecule has 1 aromatic rings. The Kier molecular flexibility index (Phi) is 5.22. The van der Waals surface area contributed by atoms with E-state index >= 15 is 0 Å². The molecular formula is C17H25N3O. The largest absolute Gasteiger partial charge is 0.496 e. The quantitative estimate of drug-likeness (QED) is 0.873. The normalized spacial score (nSPS) is 16.9. The van der Waals surface area contributed by atoms with E-state index in [1.54, 1.807) is 13.2 Å². The Bertz CT molecular complexity index is 513. The van der Waals surface area contributed by atoms with Gasteiger partial charge >= 0.3 is 0 Å². The zero-order valence-corrected chi connectivity index (χ0v) is 13.3. The highest BCUT2D eigenvalue weighted by atomic mass is 16.5. The third kappa shape index (κ3) is 3.55. The van der Waals surface area contributed by atoms with Crippen LogP contribution in [0.1, 0.15) is 36.8 Å². The molecule has 0 amide bonds. The van der Waals surface area contributed by atoms with Gasteiger partial charge in [-0.25, -0.2) is 0 Å². The van der Waals surface area contributed by atoms with E-state index in [9.17, 15) is 0 Å². The number of nitrogens with one attached hydrogen (secondary N) is 1. The maximum absolute atomic E-state index is 9.02. The minimum atomic E-state index is 0.278. The SMILES string of the molecule is COc1ccc(C#N)cc1CNCC1(N(C)C)CCCC1. The highest BCUT2D eigenvalue weighted by molar-refractivity contribution is 5.42. The van der Waals surface area contributed by atoms with Crippen LogP contribution in [0.15, 0.2) is 18.2 Å². The Labute approximate surface area is 127 Å². The highest BCUT2D eigenvalue weighted by Crippen LogP contribution is 2.33. The lowest BCUT2D eigenvalue weighted by Gasteiger charge is -2.36. The topological polar surface area (TPSA) is 48.3 Å². The van der Waals surface area contributed by atoms with Crippen LogP contribution in [0.2, 0.25) is 0 Å². The minimum Gasteiger partial charge on any atom is -0.496 e. The molecule has 0 unspecified atom stereocenters. The van der Waals surface area contributed by atoms with Crippen LogP contribution in [0, 0.1) is 11.3 Å². The zero-order chi connectivity index (χ0) is 15.3. The van der Waals surface area contributed by atoms with Crippen molar-refractivity contribution < 1.29 is 4.74 Å². The van der Waals surface area contributed by atoms with Crippen LogP contribution in [0.25, 0.3) is 0 Å². The van der Waals surface area contributed by atoms with Gasteiger partial charge in [0.1, 0.15) is 5.75 Å². The standard InChI is InChI=1S/C17H25N3O/c1-20(2)17(8-4-5-9-17)13-19-12-15-10-14(11-18)6-7-16(15)21-3/h6-7,10,19H,4-5,8-9,12-13H2,1-3H3. The van der Waals surface area contributed by atoms with Gasteiger partial charge in [-0.2, -0.15) is 5.26 Å². The second-order valence-electron chi connectivity index (χ2n) is 6.07. The molecule has 1 aliphatic rings. The Morgan fingerprint density at radius 2 is 2.05 bits per heavy atom. The van der Waals surface area contributed by atoms with Crippen molar-refractivity contribution in [3.05, 3.63) is 29.3 Å². The van der Waals surface area contributed by atoms with Crippen molar-refractivity contribution in [2.24, 2.45) is 0 Å². The summed E-state index contributed by atoms with van der Waals surface area (Å²) in [6, 6.07) is 7.75. The van der Waals surface area contributed by atoms with E-state index in [1.165, 1.54) is 25.7 Å². The number of nitriles is 1. The number of likely N-dealkylation sites (N-methyl/N-ethyl adjacent to an activating group) is 1. The van der Waals surface area contributed by atoms with E-state index < -0.39 is 0 Å². The fourth-order valence-electron chi connectivity index (χ4n) is 3.23. The van der Waals surface area contributed by atoms with Gasteiger partial charge in [0.05, 0.1) is 18.7 Å². The third-order valence-electron chi connectivity index (χ3n) is 4.66. The molecule has 1 fully saturated rings. The van der Waals surface area contributed by atoms with Crippen molar-refractivity contribution in [1.29, 1.82) is 5.26 Å². The Morgan fingerprint density at radius 3 is 2.62 bits per heavy atom. The first-order chi connectivity index (χ1) is 10.1. The Hall–Kier alpha value is -1.57. The van der Waals surface area contributed by atoms with Crippen LogP contribution in [-0.2, 0) is 6.54 Å². The number of methoxy groups -OCH3 is 1. The van der Waals surface area contributed by atoms with Crippen molar-refractivity contribution in [3.63, 3.8) is 0 Å². The fraction of sp³-hybridized carbons (Fsp3) is 0.588. The predicted octanol–water partition coefficient (Wildman–Crippen LogP) is 2.53. The summed E-state index contributed by atoms with van der Waals surface area (Å²) < 4.78 is 5.38. The number of nitrogens with zero attached hydrogens (tertiary/aromatic N) is 2. The molecule has 0 heterocycles. The van der Waals surface area contributed by atoms with Gasteiger partial charge < -0.3 is 15.0 Å².